The summed E-state index contributed by atoms with van der Waals surface area (Å²) in [6.07, 6.45) is 8.54. The molecule has 4 N–H and O–H groups in total. The molecule has 0 bridgehead atoms. The molecule has 10 nitrogen and oxygen atoms in total. The highest BCUT2D eigenvalue weighted by Gasteiger charge is 2.13. The number of aryl methyl sites for hydroxylation is 1. The molecule has 0 aliphatic rings. The van der Waals surface area contributed by atoms with Gasteiger partial charge in [-0.25, -0.2) is 0 Å². The fourth-order valence-electron chi connectivity index (χ4n) is 3.72. The normalized spacial score (nSPS) is 11.1. The fraction of sp³-hybridized carbons (Fsp3) is 0.320. The number of rotatable bonds is 11. The van der Waals surface area contributed by atoms with Crippen molar-refractivity contribution in [2.45, 2.75) is 32.2 Å². The van der Waals surface area contributed by atoms with Crippen LogP contribution in [0.5, 0.6) is 0 Å². The molecule has 0 radical (unpaired) electrons. The molecule has 0 saturated carbocycles. The van der Waals surface area contributed by atoms with Gasteiger partial charge in [0.05, 0.1) is 17.7 Å². The molecule has 35 heavy (non-hydrogen) atoms. The number of hydrogen-bond acceptors (Lipinski definition) is 6. The number of aliphatic hydroxyl groups is 1. The lowest BCUT2D eigenvalue weighted by Crippen LogP contribution is -2.31. The van der Waals surface area contributed by atoms with E-state index < -0.39 is 0 Å². The summed E-state index contributed by atoms with van der Waals surface area (Å²) in [7, 11) is 0. The van der Waals surface area contributed by atoms with Crippen LogP contribution < -0.4 is 21.5 Å². The first-order valence-corrected chi connectivity index (χ1v) is 11.5. The second-order valence-corrected chi connectivity index (χ2v) is 7.81. The molecule has 2 aromatic heterocycles. The van der Waals surface area contributed by atoms with Crippen molar-refractivity contribution >= 4 is 28.5 Å². The average Bonchev–Trinajstić information content (AvgIpc) is 2.88. The molecular formula is C25H29N7O3. The van der Waals surface area contributed by atoms with Crippen LogP contribution in [0.25, 0.3) is 10.9 Å². The van der Waals surface area contributed by atoms with Crippen LogP contribution in [0.3, 0.4) is 0 Å². The van der Waals surface area contributed by atoms with Gasteiger partial charge in [-0.15, -0.1) is 4.99 Å². The van der Waals surface area contributed by atoms with Gasteiger partial charge in [-0.3, -0.25) is 14.6 Å². The van der Waals surface area contributed by atoms with Crippen molar-refractivity contribution in [3.05, 3.63) is 70.8 Å². The van der Waals surface area contributed by atoms with Crippen LogP contribution in [0.15, 0.2) is 64.6 Å². The lowest BCUT2D eigenvalue weighted by Gasteiger charge is -2.14. The number of nitrogens with zero attached hydrogens (tertiary/aromatic N) is 4. The molecule has 1 aromatic carbocycles. The molecule has 3 aromatic rings. The number of aliphatic hydroxyl groups excluding tert-OH is 1. The zero-order valence-corrected chi connectivity index (χ0v) is 19.4. The average molecular weight is 476 g/mol. The Morgan fingerprint density at radius 2 is 1.83 bits per heavy atom. The van der Waals surface area contributed by atoms with Crippen molar-refractivity contribution in [1.82, 2.24) is 20.2 Å². The van der Waals surface area contributed by atoms with Crippen LogP contribution in [-0.2, 0) is 6.54 Å². The third-order valence-electron chi connectivity index (χ3n) is 5.36. The van der Waals surface area contributed by atoms with Crippen LogP contribution in [0.2, 0.25) is 0 Å². The Bertz CT molecular complexity index is 1250. The van der Waals surface area contributed by atoms with Gasteiger partial charge in [0.2, 0.25) is 12.2 Å². The molecule has 0 atom stereocenters. The number of amides is 1. The van der Waals surface area contributed by atoms with E-state index in [1.54, 1.807) is 53.5 Å². The minimum Gasteiger partial charge on any atom is -0.395 e. The number of nitriles is 1. The quantitative estimate of drug-likeness (QED) is 0.144. The molecule has 0 unspecified atom stereocenters. The topological polar surface area (TPSA) is 144 Å². The monoisotopic (exact) mass is 475 g/mol. The molecule has 0 saturated heterocycles. The summed E-state index contributed by atoms with van der Waals surface area (Å²) in [5.41, 5.74) is 1.66. The Labute approximate surface area is 203 Å². The van der Waals surface area contributed by atoms with Crippen LogP contribution in [0.1, 0.15) is 36.0 Å². The highest BCUT2D eigenvalue weighted by atomic mass is 16.3. The lowest BCUT2D eigenvalue weighted by atomic mass is 10.1. The first-order valence-electron chi connectivity index (χ1n) is 11.5. The number of hydrogen-bond donors (Lipinski definition) is 4. The standard InChI is InChI=1S/C25H29N7O3/c26-18-30-25(31-20-10-13-27-14-11-20)29-12-3-1-2-4-16-32-22(34)9-8-19-6-5-7-21(23(19)32)24(35)28-15-17-33/h5-11,13-14,33H,1-4,12,15-17H2,(H,28,35)(H2,27,29,30,31). The lowest BCUT2D eigenvalue weighted by molar-refractivity contribution is 0.0946. The number of fused-ring (bicyclic) bond motifs is 1. The predicted molar refractivity (Wildman–Crippen MR) is 135 cm³/mol. The maximum atomic E-state index is 12.6. The SMILES string of the molecule is N#CN=C(NCCCCCCn1c(=O)ccc2cccc(C(=O)NCCO)c21)Nc1ccncc1. The Hall–Kier alpha value is -4.23. The number of para-hydroxylation sites is 1. The van der Waals surface area contributed by atoms with Crippen molar-refractivity contribution < 1.29 is 9.90 Å². The number of guanidine groups is 1. The molecule has 1 amide bonds. The summed E-state index contributed by atoms with van der Waals surface area (Å²) in [6, 6.07) is 12.2. The van der Waals surface area contributed by atoms with E-state index in [4.69, 9.17) is 10.4 Å². The van der Waals surface area contributed by atoms with Crippen molar-refractivity contribution in [2.75, 3.05) is 25.0 Å². The molecule has 0 aliphatic carbocycles. The molecule has 0 aliphatic heterocycles. The minimum absolute atomic E-state index is 0.151. The molecule has 0 spiro atoms. The van der Waals surface area contributed by atoms with E-state index in [0.717, 1.165) is 36.8 Å². The van der Waals surface area contributed by atoms with Gasteiger partial charge in [0.25, 0.3) is 11.5 Å². The summed E-state index contributed by atoms with van der Waals surface area (Å²) in [5.74, 6) is 0.0679. The van der Waals surface area contributed by atoms with Gasteiger partial charge in [-0.2, -0.15) is 5.26 Å². The van der Waals surface area contributed by atoms with Gasteiger partial charge >= 0.3 is 0 Å². The van der Waals surface area contributed by atoms with Gasteiger partial charge in [0.15, 0.2) is 0 Å². The number of nitrogens with one attached hydrogen (secondary N) is 3. The van der Waals surface area contributed by atoms with E-state index in [2.05, 4.69) is 25.9 Å². The van der Waals surface area contributed by atoms with Gasteiger partial charge < -0.3 is 25.6 Å². The zero-order chi connectivity index (χ0) is 24.9. The van der Waals surface area contributed by atoms with Crippen molar-refractivity contribution in [3.63, 3.8) is 0 Å². The predicted octanol–water partition coefficient (Wildman–Crippen LogP) is 2.22. The number of aromatic nitrogens is 2. The maximum Gasteiger partial charge on any atom is 0.253 e. The Morgan fingerprint density at radius 3 is 2.60 bits per heavy atom. The highest BCUT2D eigenvalue weighted by Crippen LogP contribution is 2.18. The molecule has 3 rings (SSSR count). The second kappa shape index (κ2) is 13.5. The molecule has 182 valence electrons. The van der Waals surface area contributed by atoms with Crippen LogP contribution in [-0.4, -0.2) is 46.2 Å². The van der Waals surface area contributed by atoms with Crippen molar-refractivity contribution in [2.24, 2.45) is 4.99 Å². The molecular weight excluding hydrogens is 446 g/mol. The van der Waals surface area contributed by atoms with Gasteiger partial charge in [-0.05, 0) is 42.5 Å². The first kappa shape index (κ1) is 25.4. The summed E-state index contributed by atoms with van der Waals surface area (Å²) < 4.78 is 1.65. The molecule has 0 fully saturated rings. The van der Waals surface area contributed by atoms with E-state index in [1.165, 1.54) is 6.07 Å². The van der Waals surface area contributed by atoms with Gasteiger partial charge in [0.1, 0.15) is 0 Å². The van der Waals surface area contributed by atoms with Crippen LogP contribution >= 0.6 is 0 Å². The number of carbonyl (C=O) groups excluding carboxylic acids is 1. The largest absolute Gasteiger partial charge is 0.395 e. The number of pyridine rings is 2. The van der Waals surface area contributed by atoms with Crippen molar-refractivity contribution in [3.8, 4) is 6.19 Å². The highest BCUT2D eigenvalue weighted by molar-refractivity contribution is 6.05. The maximum absolute atomic E-state index is 12.6. The Kier molecular flexibility index (Phi) is 9.77. The molecule has 2 heterocycles. The van der Waals surface area contributed by atoms with E-state index in [1.807, 2.05) is 6.07 Å². The third kappa shape index (κ3) is 7.38. The van der Waals surface area contributed by atoms with Gasteiger partial charge in [-0.1, -0.05) is 25.0 Å². The summed E-state index contributed by atoms with van der Waals surface area (Å²) in [6.45, 7) is 1.14. The smallest absolute Gasteiger partial charge is 0.253 e. The number of benzene rings is 1. The summed E-state index contributed by atoms with van der Waals surface area (Å²) in [4.78, 5) is 32.9. The number of unbranched alkanes of at least 4 members (excludes halogenated alkanes) is 3. The molecule has 10 heteroatoms. The van der Waals surface area contributed by atoms with E-state index in [0.29, 0.717) is 30.1 Å². The minimum atomic E-state index is -0.315. The number of anilines is 1. The first-order chi connectivity index (χ1) is 17.1. The Balaban J connectivity index is 1.52. The zero-order valence-electron chi connectivity index (χ0n) is 19.4. The third-order valence-corrected chi connectivity index (χ3v) is 5.36. The summed E-state index contributed by atoms with van der Waals surface area (Å²) in [5, 5.41) is 27.5. The fourth-order valence-corrected chi connectivity index (χ4v) is 3.72. The number of aliphatic imine (C=N–C) groups is 1. The van der Waals surface area contributed by atoms with Crippen LogP contribution in [0.4, 0.5) is 5.69 Å². The number of carbonyl (C=O) groups is 1. The second-order valence-electron chi connectivity index (χ2n) is 7.81. The Morgan fingerprint density at radius 1 is 1.03 bits per heavy atom. The van der Waals surface area contributed by atoms with Crippen LogP contribution in [0, 0.1) is 11.5 Å². The van der Waals surface area contributed by atoms with E-state index in [9.17, 15) is 9.59 Å². The van der Waals surface area contributed by atoms with Crippen molar-refractivity contribution in [1.29, 1.82) is 5.26 Å². The van der Waals surface area contributed by atoms with Gasteiger partial charge in [0, 0.05) is 43.8 Å². The van der Waals surface area contributed by atoms with E-state index >= 15 is 0 Å². The summed E-state index contributed by atoms with van der Waals surface area (Å²) >= 11 is 0. The van der Waals surface area contributed by atoms with E-state index in [-0.39, 0.29) is 24.6 Å².